The summed E-state index contributed by atoms with van der Waals surface area (Å²) in [6, 6.07) is 0. The van der Waals surface area contributed by atoms with Crippen LogP contribution in [0.15, 0.2) is 11.5 Å². The van der Waals surface area contributed by atoms with Gasteiger partial charge < -0.3 is 0 Å². The van der Waals surface area contributed by atoms with Crippen LogP contribution in [0.4, 0.5) is 0 Å². The van der Waals surface area contributed by atoms with Gasteiger partial charge in [-0.3, -0.25) is 0 Å². The molecule has 0 rings (SSSR count). The molecule has 0 bridgehead atoms. The summed E-state index contributed by atoms with van der Waals surface area (Å²) in [6.45, 7) is 4.00. The van der Waals surface area contributed by atoms with E-state index in [1.165, 1.54) is 0 Å². The first-order valence-corrected chi connectivity index (χ1v) is 3.84. The minimum atomic E-state index is 1.60. The Morgan fingerprint density at radius 3 is 2.12 bits per heavy atom. The van der Waals surface area contributed by atoms with Crippen molar-refractivity contribution in [3.8, 4) is 12.3 Å². The monoisotopic (exact) mass is 128 g/mol. The van der Waals surface area contributed by atoms with Gasteiger partial charge >= 0.3 is 0 Å². The summed E-state index contributed by atoms with van der Waals surface area (Å²) in [5.41, 5.74) is 0. The average Bonchev–Trinajstić information content (AvgIpc) is 1.88. The van der Waals surface area contributed by atoms with E-state index in [9.17, 15) is 0 Å². The Hall–Kier alpha value is -0.350. The normalized spacial score (nSPS) is 7.25. The van der Waals surface area contributed by atoms with Gasteiger partial charge in [-0.05, 0) is 17.7 Å². The van der Waals surface area contributed by atoms with Crippen LogP contribution in [0.5, 0.6) is 0 Å². The fourth-order valence-corrected chi connectivity index (χ4v) is 0.322. The SMILES string of the molecule is C#C/C=C\SC.CC. The molecular weight excluding hydrogens is 116 g/mol. The average molecular weight is 128 g/mol. The molecule has 0 heterocycles. The molecule has 0 fully saturated rings. The molecule has 0 N–H and O–H groups in total. The zero-order valence-electron chi connectivity index (χ0n) is 5.64. The second-order valence-electron chi connectivity index (χ2n) is 0.705. The lowest BCUT2D eigenvalue weighted by Gasteiger charge is -1.66. The van der Waals surface area contributed by atoms with E-state index in [1.54, 1.807) is 17.8 Å². The lowest BCUT2D eigenvalue weighted by molar-refractivity contribution is 1.50. The summed E-state index contributed by atoms with van der Waals surface area (Å²) in [4.78, 5) is 0. The van der Waals surface area contributed by atoms with Gasteiger partial charge in [-0.15, -0.1) is 18.2 Å². The van der Waals surface area contributed by atoms with Crippen molar-refractivity contribution >= 4 is 11.8 Å². The standard InChI is InChI=1S/C5H6S.C2H6/c1-3-4-5-6-2;1-2/h1,4-5H,2H3;1-2H3/b5-4-;. The van der Waals surface area contributed by atoms with Crippen LogP contribution >= 0.6 is 11.8 Å². The van der Waals surface area contributed by atoms with Crippen LogP contribution in [0.25, 0.3) is 0 Å². The van der Waals surface area contributed by atoms with Gasteiger partial charge in [0.25, 0.3) is 0 Å². The molecule has 0 spiro atoms. The summed E-state index contributed by atoms with van der Waals surface area (Å²) < 4.78 is 0. The first-order valence-electron chi connectivity index (χ1n) is 2.55. The van der Waals surface area contributed by atoms with Gasteiger partial charge in [-0.2, -0.15) is 0 Å². The summed E-state index contributed by atoms with van der Waals surface area (Å²) in [5.74, 6) is 2.37. The van der Waals surface area contributed by atoms with Crippen molar-refractivity contribution in [3.05, 3.63) is 11.5 Å². The number of thioether (sulfide) groups is 1. The van der Waals surface area contributed by atoms with Gasteiger partial charge in [0, 0.05) is 0 Å². The van der Waals surface area contributed by atoms with Crippen LogP contribution in [0.3, 0.4) is 0 Å². The topological polar surface area (TPSA) is 0 Å². The molecule has 0 aliphatic rings. The van der Waals surface area contributed by atoms with E-state index in [2.05, 4.69) is 5.92 Å². The van der Waals surface area contributed by atoms with Crippen LogP contribution in [0.2, 0.25) is 0 Å². The van der Waals surface area contributed by atoms with Gasteiger partial charge in [0.05, 0.1) is 0 Å². The van der Waals surface area contributed by atoms with Crippen molar-refractivity contribution in [2.75, 3.05) is 6.26 Å². The number of hydrogen-bond acceptors (Lipinski definition) is 1. The third kappa shape index (κ3) is 17.4. The van der Waals surface area contributed by atoms with Crippen LogP contribution < -0.4 is 0 Å². The number of terminal acetylenes is 1. The van der Waals surface area contributed by atoms with Gasteiger partial charge in [-0.25, -0.2) is 0 Å². The Morgan fingerprint density at radius 2 is 2.00 bits per heavy atom. The maximum Gasteiger partial charge on any atom is -0.00586 e. The molecule has 0 radical (unpaired) electrons. The maximum absolute atomic E-state index is 4.86. The molecule has 46 valence electrons. The van der Waals surface area contributed by atoms with E-state index >= 15 is 0 Å². The summed E-state index contributed by atoms with van der Waals surface area (Å²) in [5, 5.41) is 1.86. The highest BCUT2D eigenvalue weighted by molar-refractivity contribution is 8.01. The number of rotatable bonds is 1. The molecule has 0 aromatic carbocycles. The largest absolute Gasteiger partial charge is 0.137 e. The highest BCUT2D eigenvalue weighted by Gasteiger charge is 1.54. The lowest BCUT2D eigenvalue weighted by Crippen LogP contribution is -1.40. The van der Waals surface area contributed by atoms with E-state index in [0.29, 0.717) is 0 Å². The predicted octanol–water partition coefficient (Wildman–Crippen LogP) is 2.52. The summed E-state index contributed by atoms with van der Waals surface area (Å²) in [6.07, 6.45) is 8.50. The Bertz CT molecular complexity index is 76.9. The van der Waals surface area contributed by atoms with E-state index < -0.39 is 0 Å². The van der Waals surface area contributed by atoms with Gasteiger partial charge in [0.1, 0.15) is 0 Å². The molecule has 0 nitrogen and oxygen atoms in total. The van der Waals surface area contributed by atoms with Gasteiger partial charge in [-0.1, -0.05) is 19.8 Å². The third-order valence-electron chi connectivity index (χ3n) is 0.300. The van der Waals surface area contributed by atoms with Crippen LogP contribution in [-0.4, -0.2) is 6.26 Å². The first-order chi connectivity index (χ1) is 3.91. The summed E-state index contributed by atoms with van der Waals surface area (Å²) in [7, 11) is 0. The van der Waals surface area contributed by atoms with Gasteiger partial charge in [0.2, 0.25) is 0 Å². The second-order valence-corrected chi connectivity index (χ2v) is 1.45. The van der Waals surface area contributed by atoms with E-state index in [0.717, 1.165) is 0 Å². The van der Waals surface area contributed by atoms with E-state index in [4.69, 9.17) is 6.42 Å². The fraction of sp³-hybridized carbons (Fsp3) is 0.429. The van der Waals surface area contributed by atoms with Crippen molar-refractivity contribution in [1.82, 2.24) is 0 Å². The Labute approximate surface area is 56.4 Å². The molecule has 0 unspecified atom stereocenters. The van der Waals surface area contributed by atoms with Crippen molar-refractivity contribution in [1.29, 1.82) is 0 Å². The predicted molar refractivity (Wildman–Crippen MR) is 42.8 cm³/mol. The highest BCUT2D eigenvalue weighted by atomic mass is 32.2. The van der Waals surface area contributed by atoms with Crippen LogP contribution in [0.1, 0.15) is 13.8 Å². The quantitative estimate of drug-likeness (QED) is 0.489. The second kappa shape index (κ2) is 15.9. The molecule has 0 aromatic rings. The molecule has 0 aliphatic heterocycles. The molecule has 0 saturated carbocycles. The minimum absolute atomic E-state index is 1.60. The van der Waals surface area contributed by atoms with E-state index in [-0.39, 0.29) is 0 Å². The zero-order chi connectivity index (χ0) is 6.83. The molecule has 0 amide bonds. The molecule has 1 heteroatoms. The molecular formula is C7H12S. The van der Waals surface area contributed by atoms with Crippen LogP contribution in [0, 0.1) is 12.3 Å². The molecule has 0 atom stereocenters. The van der Waals surface area contributed by atoms with E-state index in [1.807, 2.05) is 25.5 Å². The Balaban J connectivity index is 0. The smallest absolute Gasteiger partial charge is 0.00586 e. The molecule has 0 aliphatic carbocycles. The highest BCUT2D eigenvalue weighted by Crippen LogP contribution is 1.89. The Kier molecular flexibility index (Phi) is 21.1. The zero-order valence-corrected chi connectivity index (χ0v) is 6.46. The number of hydrogen-bond donors (Lipinski definition) is 0. The molecule has 8 heavy (non-hydrogen) atoms. The lowest BCUT2D eigenvalue weighted by atomic mass is 10.7. The molecule has 0 aromatic heterocycles. The third-order valence-corrected chi connectivity index (χ3v) is 0.709. The maximum atomic E-state index is 4.86. The number of allylic oxidation sites excluding steroid dienone is 1. The minimum Gasteiger partial charge on any atom is -0.137 e. The summed E-state index contributed by atoms with van der Waals surface area (Å²) >= 11 is 1.60. The van der Waals surface area contributed by atoms with Crippen molar-refractivity contribution in [2.24, 2.45) is 0 Å². The fourth-order valence-electron chi connectivity index (χ4n) is 0.107. The van der Waals surface area contributed by atoms with Crippen molar-refractivity contribution in [2.45, 2.75) is 13.8 Å². The van der Waals surface area contributed by atoms with Crippen LogP contribution in [-0.2, 0) is 0 Å². The molecule has 0 saturated heterocycles. The van der Waals surface area contributed by atoms with Crippen molar-refractivity contribution < 1.29 is 0 Å². The van der Waals surface area contributed by atoms with Crippen molar-refractivity contribution in [3.63, 3.8) is 0 Å². The Morgan fingerprint density at radius 1 is 1.50 bits per heavy atom. The first kappa shape index (κ1) is 10.6. The van der Waals surface area contributed by atoms with Gasteiger partial charge in [0.15, 0.2) is 0 Å².